The summed E-state index contributed by atoms with van der Waals surface area (Å²) in [5, 5.41) is 11.0. The lowest BCUT2D eigenvalue weighted by molar-refractivity contribution is -0.149. The molecular formula is C11H19F3N2O3. The zero-order chi connectivity index (χ0) is 15.1. The van der Waals surface area contributed by atoms with E-state index in [1.54, 1.807) is 6.92 Å². The number of nitrogens with one attached hydrogen (secondary N) is 1. The fourth-order valence-electron chi connectivity index (χ4n) is 1.57. The van der Waals surface area contributed by atoms with Crippen molar-refractivity contribution in [2.75, 3.05) is 13.1 Å². The number of carbonyl (C=O) groups excluding carboxylic acids is 1. The van der Waals surface area contributed by atoms with Gasteiger partial charge in [-0.1, -0.05) is 20.3 Å². The third kappa shape index (κ3) is 8.28. The van der Waals surface area contributed by atoms with E-state index in [9.17, 15) is 22.8 Å². The predicted molar refractivity (Wildman–Crippen MR) is 62.8 cm³/mol. The van der Waals surface area contributed by atoms with Crippen molar-refractivity contribution in [3.63, 3.8) is 0 Å². The third-order valence-corrected chi connectivity index (χ3v) is 2.44. The van der Waals surface area contributed by atoms with Crippen molar-refractivity contribution in [2.24, 2.45) is 0 Å². The molecule has 8 heteroatoms. The third-order valence-electron chi connectivity index (χ3n) is 2.44. The summed E-state index contributed by atoms with van der Waals surface area (Å²) < 4.78 is 36.8. The van der Waals surface area contributed by atoms with Gasteiger partial charge in [-0.25, -0.2) is 4.79 Å². The molecule has 1 atom stereocenters. The molecule has 0 aromatic carbocycles. The summed E-state index contributed by atoms with van der Waals surface area (Å²) in [4.78, 5) is 22.4. The van der Waals surface area contributed by atoms with E-state index < -0.39 is 31.3 Å². The average molecular weight is 284 g/mol. The van der Waals surface area contributed by atoms with E-state index in [0.717, 1.165) is 6.42 Å². The monoisotopic (exact) mass is 284 g/mol. The van der Waals surface area contributed by atoms with Gasteiger partial charge in [-0.3, -0.25) is 4.79 Å². The standard InChI is InChI=1S/C11H19F3N2O3/c1-3-5-8(4-2)15-10(19)16(6-9(17)18)7-11(12,13)14/h8H,3-7H2,1-2H3,(H,15,19)(H,17,18). The number of halogens is 3. The molecule has 0 fully saturated rings. The largest absolute Gasteiger partial charge is 0.480 e. The highest BCUT2D eigenvalue weighted by molar-refractivity contribution is 5.80. The lowest BCUT2D eigenvalue weighted by Crippen LogP contribution is -2.49. The first-order valence-electron chi connectivity index (χ1n) is 6.03. The highest BCUT2D eigenvalue weighted by Gasteiger charge is 2.34. The maximum absolute atomic E-state index is 12.3. The SMILES string of the molecule is CCCC(CC)NC(=O)N(CC(=O)O)CC(F)(F)F. The normalized spacial score (nSPS) is 12.9. The molecule has 0 rings (SSSR count). The van der Waals surface area contributed by atoms with Crippen LogP contribution in [0, 0.1) is 0 Å². The fraction of sp³-hybridized carbons (Fsp3) is 0.818. The quantitative estimate of drug-likeness (QED) is 0.753. The Morgan fingerprint density at radius 3 is 2.26 bits per heavy atom. The van der Waals surface area contributed by atoms with Gasteiger partial charge in [-0.15, -0.1) is 0 Å². The van der Waals surface area contributed by atoms with Crippen LogP contribution >= 0.6 is 0 Å². The Kier molecular flexibility index (Phi) is 7.25. The zero-order valence-electron chi connectivity index (χ0n) is 11.0. The smallest absolute Gasteiger partial charge is 0.406 e. The Morgan fingerprint density at radius 1 is 1.32 bits per heavy atom. The zero-order valence-corrected chi connectivity index (χ0v) is 11.0. The Morgan fingerprint density at radius 2 is 1.89 bits per heavy atom. The maximum Gasteiger partial charge on any atom is 0.406 e. The van der Waals surface area contributed by atoms with Gasteiger partial charge in [0.2, 0.25) is 0 Å². The fourth-order valence-corrected chi connectivity index (χ4v) is 1.57. The molecular weight excluding hydrogens is 265 g/mol. The molecule has 0 aromatic rings. The molecule has 0 aromatic heterocycles. The van der Waals surface area contributed by atoms with Crippen LogP contribution in [0.15, 0.2) is 0 Å². The summed E-state index contributed by atoms with van der Waals surface area (Å²) in [7, 11) is 0. The van der Waals surface area contributed by atoms with Crippen LogP contribution in [-0.2, 0) is 4.79 Å². The minimum absolute atomic E-state index is 0.248. The second-order valence-corrected chi connectivity index (χ2v) is 4.21. The van der Waals surface area contributed by atoms with Crippen LogP contribution in [0.3, 0.4) is 0 Å². The van der Waals surface area contributed by atoms with Crippen molar-refractivity contribution < 1.29 is 27.9 Å². The van der Waals surface area contributed by atoms with Crippen LogP contribution in [-0.4, -0.2) is 47.3 Å². The number of urea groups is 1. The Labute approximate surface area is 109 Å². The topological polar surface area (TPSA) is 69.6 Å². The molecule has 0 heterocycles. The van der Waals surface area contributed by atoms with Crippen LogP contribution < -0.4 is 5.32 Å². The van der Waals surface area contributed by atoms with Gasteiger partial charge in [0.25, 0.3) is 0 Å². The van der Waals surface area contributed by atoms with E-state index in [-0.39, 0.29) is 10.9 Å². The minimum atomic E-state index is -4.63. The van der Waals surface area contributed by atoms with Crippen LogP contribution in [0.25, 0.3) is 0 Å². The molecule has 0 saturated heterocycles. The average Bonchev–Trinajstić information content (AvgIpc) is 2.24. The molecule has 5 nitrogen and oxygen atoms in total. The van der Waals surface area contributed by atoms with Gasteiger partial charge < -0.3 is 15.3 Å². The van der Waals surface area contributed by atoms with Crippen LogP contribution in [0.1, 0.15) is 33.1 Å². The van der Waals surface area contributed by atoms with E-state index in [4.69, 9.17) is 5.11 Å². The lowest BCUT2D eigenvalue weighted by atomic mass is 10.1. The predicted octanol–water partition coefficient (Wildman–Crippen LogP) is 2.22. The van der Waals surface area contributed by atoms with Crippen LogP contribution in [0.5, 0.6) is 0 Å². The molecule has 19 heavy (non-hydrogen) atoms. The molecule has 0 bridgehead atoms. The number of hydrogen-bond donors (Lipinski definition) is 2. The number of alkyl halides is 3. The van der Waals surface area contributed by atoms with Gasteiger partial charge in [0.05, 0.1) is 0 Å². The number of nitrogens with zero attached hydrogens (tertiary/aromatic N) is 1. The van der Waals surface area contributed by atoms with Gasteiger partial charge in [-0.2, -0.15) is 13.2 Å². The summed E-state index contributed by atoms with van der Waals surface area (Å²) in [6, 6.07) is -1.25. The van der Waals surface area contributed by atoms with Gasteiger partial charge in [-0.05, 0) is 12.8 Å². The van der Waals surface area contributed by atoms with E-state index in [2.05, 4.69) is 5.32 Å². The van der Waals surface area contributed by atoms with Gasteiger partial charge in [0, 0.05) is 6.04 Å². The van der Waals surface area contributed by atoms with Crippen molar-refractivity contribution in [3.8, 4) is 0 Å². The second-order valence-electron chi connectivity index (χ2n) is 4.21. The molecule has 112 valence electrons. The first kappa shape index (κ1) is 17.5. The van der Waals surface area contributed by atoms with Crippen molar-refractivity contribution in [1.29, 1.82) is 0 Å². The molecule has 1 unspecified atom stereocenters. The van der Waals surface area contributed by atoms with Crippen molar-refractivity contribution in [1.82, 2.24) is 10.2 Å². The highest BCUT2D eigenvalue weighted by atomic mass is 19.4. The van der Waals surface area contributed by atoms with Gasteiger partial charge in [0.1, 0.15) is 13.1 Å². The van der Waals surface area contributed by atoms with E-state index in [1.165, 1.54) is 0 Å². The Hall–Kier alpha value is -1.47. The summed E-state index contributed by atoms with van der Waals surface area (Å²) in [5.74, 6) is -1.48. The van der Waals surface area contributed by atoms with E-state index in [0.29, 0.717) is 12.8 Å². The number of carboxylic acids is 1. The van der Waals surface area contributed by atoms with Crippen LogP contribution in [0.4, 0.5) is 18.0 Å². The molecule has 0 aliphatic rings. The van der Waals surface area contributed by atoms with Crippen molar-refractivity contribution in [2.45, 2.75) is 45.3 Å². The minimum Gasteiger partial charge on any atom is -0.480 e. The number of carbonyl (C=O) groups is 2. The molecule has 0 aliphatic heterocycles. The second kappa shape index (κ2) is 7.85. The first-order chi connectivity index (χ1) is 8.69. The highest BCUT2D eigenvalue weighted by Crippen LogP contribution is 2.16. The molecule has 0 spiro atoms. The first-order valence-corrected chi connectivity index (χ1v) is 6.03. The summed E-state index contributed by atoms with van der Waals surface area (Å²) in [6.07, 6.45) is -2.64. The summed E-state index contributed by atoms with van der Waals surface area (Å²) >= 11 is 0. The molecule has 2 N–H and O–H groups in total. The van der Waals surface area contributed by atoms with Crippen LogP contribution in [0.2, 0.25) is 0 Å². The molecule has 0 radical (unpaired) electrons. The van der Waals surface area contributed by atoms with Crippen molar-refractivity contribution >= 4 is 12.0 Å². The molecule has 0 saturated carbocycles. The summed E-state index contributed by atoms with van der Waals surface area (Å²) in [5.41, 5.74) is 0. The van der Waals surface area contributed by atoms with E-state index >= 15 is 0 Å². The number of hydrogen-bond acceptors (Lipinski definition) is 2. The number of carboxylic acid groups (broad SMARTS) is 1. The summed E-state index contributed by atoms with van der Waals surface area (Å²) in [6.45, 7) is 1.13. The number of amides is 2. The Bertz CT molecular complexity index is 308. The molecule has 0 aliphatic carbocycles. The Balaban J connectivity index is 4.65. The van der Waals surface area contributed by atoms with Crippen molar-refractivity contribution in [3.05, 3.63) is 0 Å². The molecule has 2 amide bonds. The lowest BCUT2D eigenvalue weighted by Gasteiger charge is -2.25. The maximum atomic E-state index is 12.3. The van der Waals surface area contributed by atoms with Gasteiger partial charge >= 0.3 is 18.2 Å². The number of rotatable bonds is 7. The van der Waals surface area contributed by atoms with E-state index in [1.807, 2.05) is 6.92 Å². The number of aliphatic carboxylic acids is 1. The van der Waals surface area contributed by atoms with Gasteiger partial charge in [0.15, 0.2) is 0 Å².